The molecule has 1 heterocycles. The van der Waals surface area contributed by atoms with E-state index in [1.807, 2.05) is 16.8 Å². The Morgan fingerprint density at radius 2 is 2.18 bits per heavy atom. The molecule has 0 aliphatic carbocycles. The monoisotopic (exact) mass is 233 g/mol. The van der Waals surface area contributed by atoms with Gasteiger partial charge in [0.25, 0.3) is 0 Å². The van der Waals surface area contributed by atoms with Crippen LogP contribution in [0.1, 0.15) is 18.2 Å². The average Bonchev–Trinajstić information content (AvgIpc) is 2.77. The number of rotatable bonds is 5. The van der Waals surface area contributed by atoms with Crippen LogP contribution in [-0.4, -0.2) is 16.1 Å². The van der Waals surface area contributed by atoms with E-state index in [2.05, 4.69) is 17.2 Å². The standard InChI is InChI=1S/C13H16FN3/c1-2-15-7-12-9-17(10-16-12)8-11-5-3-4-6-13(11)14/h3-6,9-10,15H,2,7-8H2,1H3. The zero-order chi connectivity index (χ0) is 12.1. The Hall–Kier alpha value is -1.68. The molecule has 0 atom stereocenters. The van der Waals surface area contributed by atoms with Crippen molar-refractivity contribution in [3.05, 3.63) is 53.9 Å². The Morgan fingerprint density at radius 1 is 1.35 bits per heavy atom. The fourth-order valence-corrected chi connectivity index (χ4v) is 1.66. The highest BCUT2D eigenvalue weighted by Gasteiger charge is 2.03. The lowest BCUT2D eigenvalue weighted by Crippen LogP contribution is -2.11. The Kier molecular flexibility index (Phi) is 3.88. The van der Waals surface area contributed by atoms with E-state index in [1.165, 1.54) is 6.07 Å². The molecule has 0 unspecified atom stereocenters. The van der Waals surface area contributed by atoms with E-state index in [9.17, 15) is 4.39 Å². The summed E-state index contributed by atoms with van der Waals surface area (Å²) in [5, 5.41) is 3.20. The lowest BCUT2D eigenvalue weighted by Gasteiger charge is -2.03. The topological polar surface area (TPSA) is 29.9 Å². The van der Waals surface area contributed by atoms with Gasteiger partial charge in [-0.15, -0.1) is 0 Å². The zero-order valence-corrected chi connectivity index (χ0v) is 9.86. The van der Waals surface area contributed by atoms with Crippen molar-refractivity contribution in [3.8, 4) is 0 Å². The van der Waals surface area contributed by atoms with Gasteiger partial charge in [0.15, 0.2) is 0 Å². The van der Waals surface area contributed by atoms with Crippen LogP contribution >= 0.6 is 0 Å². The fourth-order valence-electron chi connectivity index (χ4n) is 1.66. The van der Waals surface area contributed by atoms with E-state index in [1.54, 1.807) is 18.5 Å². The Bertz CT molecular complexity index is 479. The van der Waals surface area contributed by atoms with Crippen molar-refractivity contribution in [2.24, 2.45) is 0 Å². The number of hydrogen-bond donors (Lipinski definition) is 1. The Morgan fingerprint density at radius 3 is 2.94 bits per heavy atom. The molecule has 0 saturated carbocycles. The SMILES string of the molecule is CCNCc1cn(Cc2ccccc2F)cn1. The molecule has 0 aliphatic rings. The summed E-state index contributed by atoms with van der Waals surface area (Å²) < 4.78 is 15.3. The molecule has 2 rings (SSSR count). The van der Waals surface area contributed by atoms with Gasteiger partial charge in [-0.05, 0) is 12.6 Å². The predicted octanol–water partition coefficient (Wildman–Crippen LogP) is 2.18. The minimum atomic E-state index is -0.172. The summed E-state index contributed by atoms with van der Waals surface area (Å²) in [6.45, 7) is 4.24. The molecule has 17 heavy (non-hydrogen) atoms. The summed E-state index contributed by atoms with van der Waals surface area (Å²) in [6, 6.07) is 6.81. The van der Waals surface area contributed by atoms with Gasteiger partial charge in [0, 0.05) is 18.3 Å². The van der Waals surface area contributed by atoms with Crippen LogP contribution < -0.4 is 5.32 Å². The third kappa shape index (κ3) is 3.14. The van der Waals surface area contributed by atoms with Crippen molar-refractivity contribution in [1.29, 1.82) is 0 Å². The van der Waals surface area contributed by atoms with Gasteiger partial charge in [0.2, 0.25) is 0 Å². The number of hydrogen-bond acceptors (Lipinski definition) is 2. The molecule has 0 radical (unpaired) electrons. The molecule has 1 N–H and O–H groups in total. The van der Waals surface area contributed by atoms with E-state index in [0.717, 1.165) is 18.8 Å². The highest BCUT2D eigenvalue weighted by Crippen LogP contribution is 2.08. The van der Waals surface area contributed by atoms with Crippen LogP contribution in [0.25, 0.3) is 0 Å². The molecule has 4 heteroatoms. The summed E-state index contributed by atoms with van der Waals surface area (Å²) in [7, 11) is 0. The second kappa shape index (κ2) is 5.59. The van der Waals surface area contributed by atoms with E-state index in [0.29, 0.717) is 12.1 Å². The normalized spacial score (nSPS) is 10.7. The van der Waals surface area contributed by atoms with E-state index < -0.39 is 0 Å². The lowest BCUT2D eigenvalue weighted by molar-refractivity contribution is 0.599. The van der Waals surface area contributed by atoms with Crippen molar-refractivity contribution < 1.29 is 4.39 Å². The van der Waals surface area contributed by atoms with Crippen LogP contribution in [-0.2, 0) is 13.1 Å². The first-order valence-electron chi connectivity index (χ1n) is 5.74. The number of nitrogens with one attached hydrogen (secondary N) is 1. The van der Waals surface area contributed by atoms with E-state index >= 15 is 0 Å². The molecule has 0 saturated heterocycles. The summed E-state index contributed by atoms with van der Waals surface area (Å²) >= 11 is 0. The zero-order valence-electron chi connectivity index (χ0n) is 9.86. The second-order valence-corrected chi connectivity index (χ2v) is 3.91. The van der Waals surface area contributed by atoms with Gasteiger partial charge in [-0.2, -0.15) is 0 Å². The molecule has 0 amide bonds. The van der Waals surface area contributed by atoms with Crippen LogP contribution in [0.5, 0.6) is 0 Å². The molecule has 1 aromatic carbocycles. The predicted molar refractivity (Wildman–Crippen MR) is 65.1 cm³/mol. The molecule has 3 nitrogen and oxygen atoms in total. The van der Waals surface area contributed by atoms with Crippen molar-refractivity contribution in [2.75, 3.05) is 6.54 Å². The number of aromatic nitrogens is 2. The van der Waals surface area contributed by atoms with Crippen LogP contribution in [0.15, 0.2) is 36.8 Å². The van der Waals surface area contributed by atoms with Gasteiger partial charge in [0.1, 0.15) is 5.82 Å². The Balaban J connectivity index is 2.04. The molecule has 0 fully saturated rings. The molecule has 1 aromatic heterocycles. The van der Waals surface area contributed by atoms with E-state index in [4.69, 9.17) is 0 Å². The van der Waals surface area contributed by atoms with Crippen LogP contribution in [0, 0.1) is 5.82 Å². The van der Waals surface area contributed by atoms with Gasteiger partial charge < -0.3 is 9.88 Å². The number of benzene rings is 1. The highest BCUT2D eigenvalue weighted by atomic mass is 19.1. The molecular weight excluding hydrogens is 217 g/mol. The maximum absolute atomic E-state index is 13.4. The molecule has 0 bridgehead atoms. The smallest absolute Gasteiger partial charge is 0.128 e. The molecule has 90 valence electrons. The van der Waals surface area contributed by atoms with Gasteiger partial charge in [-0.1, -0.05) is 25.1 Å². The Labute approximate surface area is 100 Å². The maximum atomic E-state index is 13.4. The molecular formula is C13H16FN3. The van der Waals surface area contributed by atoms with Gasteiger partial charge in [-0.3, -0.25) is 0 Å². The summed E-state index contributed by atoms with van der Waals surface area (Å²) in [6.07, 6.45) is 3.67. The summed E-state index contributed by atoms with van der Waals surface area (Å²) in [4.78, 5) is 4.26. The average molecular weight is 233 g/mol. The molecule has 2 aromatic rings. The maximum Gasteiger partial charge on any atom is 0.128 e. The lowest BCUT2D eigenvalue weighted by atomic mass is 10.2. The van der Waals surface area contributed by atoms with Crippen molar-refractivity contribution in [2.45, 2.75) is 20.0 Å². The second-order valence-electron chi connectivity index (χ2n) is 3.91. The highest BCUT2D eigenvalue weighted by molar-refractivity contribution is 5.18. The van der Waals surface area contributed by atoms with Crippen molar-refractivity contribution in [1.82, 2.24) is 14.9 Å². The first kappa shape index (κ1) is 11.8. The summed E-state index contributed by atoms with van der Waals surface area (Å²) in [5.41, 5.74) is 1.66. The third-order valence-electron chi connectivity index (χ3n) is 2.55. The van der Waals surface area contributed by atoms with Crippen LogP contribution in [0.2, 0.25) is 0 Å². The number of nitrogens with zero attached hydrogens (tertiary/aromatic N) is 2. The van der Waals surface area contributed by atoms with Gasteiger partial charge >= 0.3 is 0 Å². The molecule has 0 spiro atoms. The minimum absolute atomic E-state index is 0.172. The third-order valence-corrected chi connectivity index (χ3v) is 2.55. The first-order chi connectivity index (χ1) is 8.29. The fraction of sp³-hybridized carbons (Fsp3) is 0.308. The van der Waals surface area contributed by atoms with Gasteiger partial charge in [-0.25, -0.2) is 9.37 Å². The van der Waals surface area contributed by atoms with Crippen molar-refractivity contribution >= 4 is 0 Å². The quantitative estimate of drug-likeness (QED) is 0.857. The largest absolute Gasteiger partial charge is 0.333 e. The van der Waals surface area contributed by atoms with Crippen molar-refractivity contribution in [3.63, 3.8) is 0 Å². The van der Waals surface area contributed by atoms with Crippen LogP contribution in [0.3, 0.4) is 0 Å². The summed E-state index contributed by atoms with van der Waals surface area (Å²) in [5.74, 6) is -0.172. The molecule has 0 aliphatic heterocycles. The van der Waals surface area contributed by atoms with Crippen LogP contribution in [0.4, 0.5) is 4.39 Å². The number of halogens is 1. The van der Waals surface area contributed by atoms with Gasteiger partial charge in [0.05, 0.1) is 18.6 Å². The minimum Gasteiger partial charge on any atom is -0.333 e. The number of imidazole rings is 1. The van der Waals surface area contributed by atoms with E-state index in [-0.39, 0.29) is 5.82 Å². The first-order valence-corrected chi connectivity index (χ1v) is 5.74.